The standard InChI is InChI=1S/C31H34N2O4/c1-31(2)19-26(29(34)33(31)21-23-14-16-28(36-3)17-15-23)18-27(25-12-8-5-9-13-25)20-32-30(35)37-22-24-10-6-4-7-11-24/h4-18,27H,19-22H2,1-3H3,(H,32,35)/b26-18+. The number of carbonyl (C=O) groups excluding carboxylic acids is 2. The summed E-state index contributed by atoms with van der Waals surface area (Å²) in [5.74, 6) is 0.645. The third-order valence-corrected chi connectivity index (χ3v) is 6.68. The van der Waals surface area contributed by atoms with E-state index >= 15 is 0 Å². The molecule has 1 fully saturated rings. The fraction of sp³-hybridized carbons (Fsp3) is 0.290. The van der Waals surface area contributed by atoms with Crippen molar-refractivity contribution in [2.24, 2.45) is 0 Å². The number of likely N-dealkylation sites (tertiary alicyclic amines) is 1. The lowest BCUT2D eigenvalue weighted by Crippen LogP contribution is -2.40. The molecule has 37 heavy (non-hydrogen) atoms. The van der Waals surface area contributed by atoms with E-state index in [1.54, 1.807) is 7.11 Å². The average Bonchev–Trinajstić information content (AvgIpc) is 3.13. The number of alkyl carbamates (subject to hydrolysis) is 1. The molecule has 1 aliphatic rings. The summed E-state index contributed by atoms with van der Waals surface area (Å²) in [6.07, 6.45) is 2.15. The molecule has 2 amide bonds. The van der Waals surface area contributed by atoms with E-state index in [2.05, 4.69) is 19.2 Å². The number of ether oxygens (including phenoxy) is 2. The highest BCUT2D eigenvalue weighted by Gasteiger charge is 2.41. The lowest BCUT2D eigenvalue weighted by atomic mass is 9.93. The molecule has 1 unspecified atom stereocenters. The topological polar surface area (TPSA) is 67.9 Å². The van der Waals surface area contributed by atoms with Crippen LogP contribution in [-0.2, 0) is 22.7 Å². The molecular weight excluding hydrogens is 464 g/mol. The van der Waals surface area contributed by atoms with Gasteiger partial charge in [0.15, 0.2) is 0 Å². The Kier molecular flexibility index (Phi) is 8.29. The number of rotatable bonds is 9. The maximum Gasteiger partial charge on any atom is 0.407 e. The lowest BCUT2D eigenvalue weighted by Gasteiger charge is -2.31. The van der Waals surface area contributed by atoms with Gasteiger partial charge >= 0.3 is 6.09 Å². The monoisotopic (exact) mass is 498 g/mol. The SMILES string of the molecule is COc1ccc(CN2C(=O)/C(=C/C(CNC(=O)OCc3ccccc3)c3ccccc3)CC2(C)C)cc1. The number of methoxy groups -OCH3 is 1. The van der Waals surface area contributed by atoms with Gasteiger partial charge in [-0.1, -0.05) is 78.9 Å². The Balaban J connectivity index is 1.47. The molecule has 1 saturated heterocycles. The predicted octanol–water partition coefficient (Wildman–Crippen LogP) is 5.84. The Hall–Kier alpha value is -4.06. The van der Waals surface area contributed by atoms with Crippen molar-refractivity contribution >= 4 is 12.0 Å². The van der Waals surface area contributed by atoms with Crippen molar-refractivity contribution in [2.45, 2.75) is 44.9 Å². The van der Waals surface area contributed by atoms with E-state index < -0.39 is 6.09 Å². The van der Waals surface area contributed by atoms with E-state index in [0.29, 0.717) is 19.5 Å². The minimum atomic E-state index is -0.484. The second kappa shape index (κ2) is 11.8. The van der Waals surface area contributed by atoms with Gasteiger partial charge in [0.25, 0.3) is 0 Å². The van der Waals surface area contributed by atoms with E-state index in [9.17, 15) is 9.59 Å². The molecule has 192 valence electrons. The number of benzene rings is 3. The molecule has 1 aliphatic heterocycles. The first-order valence-corrected chi connectivity index (χ1v) is 12.5. The van der Waals surface area contributed by atoms with E-state index in [0.717, 1.165) is 28.0 Å². The molecule has 0 bridgehead atoms. The van der Waals surface area contributed by atoms with Gasteiger partial charge in [-0.2, -0.15) is 0 Å². The van der Waals surface area contributed by atoms with Gasteiger partial charge in [0.05, 0.1) is 7.11 Å². The van der Waals surface area contributed by atoms with Crippen LogP contribution < -0.4 is 10.1 Å². The zero-order valence-electron chi connectivity index (χ0n) is 21.6. The van der Waals surface area contributed by atoms with E-state index in [1.165, 1.54) is 0 Å². The maximum absolute atomic E-state index is 13.5. The first kappa shape index (κ1) is 26.0. The number of nitrogens with one attached hydrogen (secondary N) is 1. The first-order valence-electron chi connectivity index (χ1n) is 12.5. The summed E-state index contributed by atoms with van der Waals surface area (Å²) in [7, 11) is 1.64. The Labute approximate surface area is 218 Å². The van der Waals surface area contributed by atoms with Gasteiger partial charge in [-0.05, 0) is 42.7 Å². The van der Waals surface area contributed by atoms with Gasteiger partial charge in [0, 0.05) is 36.5 Å². The molecule has 4 rings (SSSR count). The molecule has 0 radical (unpaired) electrons. The van der Waals surface area contributed by atoms with E-state index in [1.807, 2.05) is 95.9 Å². The minimum Gasteiger partial charge on any atom is -0.497 e. The minimum absolute atomic E-state index is 0.0217. The summed E-state index contributed by atoms with van der Waals surface area (Å²) < 4.78 is 10.6. The highest BCUT2D eigenvalue weighted by molar-refractivity contribution is 5.97. The second-order valence-electron chi connectivity index (χ2n) is 9.88. The number of carbonyl (C=O) groups is 2. The smallest absolute Gasteiger partial charge is 0.407 e. The van der Waals surface area contributed by atoms with Crippen molar-refractivity contribution in [1.82, 2.24) is 10.2 Å². The highest BCUT2D eigenvalue weighted by atomic mass is 16.5. The van der Waals surface area contributed by atoms with Gasteiger partial charge in [-0.3, -0.25) is 4.79 Å². The van der Waals surface area contributed by atoms with Crippen LogP contribution in [0.1, 0.15) is 42.9 Å². The zero-order valence-corrected chi connectivity index (χ0v) is 21.6. The van der Waals surface area contributed by atoms with Crippen LogP contribution in [0.4, 0.5) is 4.79 Å². The molecule has 3 aromatic rings. The summed E-state index contributed by atoms with van der Waals surface area (Å²) >= 11 is 0. The molecule has 0 spiro atoms. The normalized spacial score (nSPS) is 16.5. The van der Waals surface area contributed by atoms with Crippen molar-refractivity contribution in [3.63, 3.8) is 0 Å². The van der Waals surface area contributed by atoms with Crippen molar-refractivity contribution in [3.8, 4) is 5.75 Å². The number of hydrogen-bond acceptors (Lipinski definition) is 4. The molecule has 0 saturated carbocycles. The van der Waals surface area contributed by atoms with Crippen LogP contribution in [0.25, 0.3) is 0 Å². The summed E-state index contributed by atoms with van der Waals surface area (Å²) in [6.45, 7) is 5.23. The van der Waals surface area contributed by atoms with Crippen LogP contribution in [-0.4, -0.2) is 36.1 Å². The molecule has 1 atom stereocenters. The van der Waals surface area contributed by atoms with Crippen LogP contribution >= 0.6 is 0 Å². The van der Waals surface area contributed by atoms with Gasteiger partial charge in [0.2, 0.25) is 5.91 Å². The molecule has 0 aliphatic carbocycles. The molecular formula is C31H34N2O4. The summed E-state index contributed by atoms with van der Waals surface area (Å²) in [5, 5.41) is 2.88. The van der Waals surface area contributed by atoms with Gasteiger partial charge in [-0.25, -0.2) is 4.79 Å². The molecule has 0 aromatic heterocycles. The zero-order chi connectivity index (χ0) is 26.3. The fourth-order valence-corrected chi connectivity index (χ4v) is 4.60. The van der Waals surface area contributed by atoms with Crippen molar-refractivity contribution in [3.05, 3.63) is 113 Å². The summed E-state index contributed by atoms with van der Waals surface area (Å²) in [4.78, 5) is 27.9. The van der Waals surface area contributed by atoms with Crippen LogP contribution in [0.5, 0.6) is 5.75 Å². The molecule has 1 N–H and O–H groups in total. The van der Waals surface area contributed by atoms with Crippen LogP contribution in [0.3, 0.4) is 0 Å². The fourth-order valence-electron chi connectivity index (χ4n) is 4.60. The molecule has 6 heteroatoms. The summed E-state index contributed by atoms with van der Waals surface area (Å²) in [5.41, 5.74) is 3.43. The van der Waals surface area contributed by atoms with Crippen LogP contribution in [0, 0.1) is 0 Å². The Morgan fingerprint density at radius 3 is 2.27 bits per heavy atom. The quantitative estimate of drug-likeness (QED) is 0.376. The highest BCUT2D eigenvalue weighted by Crippen LogP contribution is 2.36. The van der Waals surface area contributed by atoms with Crippen molar-refractivity contribution < 1.29 is 19.1 Å². The van der Waals surface area contributed by atoms with Crippen molar-refractivity contribution in [1.29, 1.82) is 0 Å². The van der Waals surface area contributed by atoms with E-state index in [4.69, 9.17) is 9.47 Å². The Morgan fingerprint density at radius 2 is 1.62 bits per heavy atom. The van der Waals surface area contributed by atoms with Gasteiger partial charge in [-0.15, -0.1) is 0 Å². The largest absolute Gasteiger partial charge is 0.497 e. The third kappa shape index (κ3) is 6.79. The van der Waals surface area contributed by atoms with Crippen LogP contribution in [0.15, 0.2) is 96.6 Å². The Morgan fingerprint density at radius 1 is 0.973 bits per heavy atom. The number of nitrogens with zero attached hydrogens (tertiary/aromatic N) is 1. The molecule has 1 heterocycles. The Bertz CT molecular complexity index is 1220. The number of hydrogen-bond donors (Lipinski definition) is 1. The van der Waals surface area contributed by atoms with Gasteiger partial charge in [0.1, 0.15) is 12.4 Å². The third-order valence-electron chi connectivity index (χ3n) is 6.68. The molecule has 6 nitrogen and oxygen atoms in total. The van der Waals surface area contributed by atoms with Crippen molar-refractivity contribution in [2.75, 3.05) is 13.7 Å². The predicted molar refractivity (Wildman–Crippen MR) is 144 cm³/mol. The first-order chi connectivity index (χ1) is 17.9. The summed E-state index contributed by atoms with van der Waals surface area (Å²) in [6, 6.07) is 27.3. The number of amides is 2. The average molecular weight is 499 g/mol. The lowest BCUT2D eigenvalue weighted by molar-refractivity contribution is -0.128. The molecule has 3 aromatic carbocycles. The van der Waals surface area contributed by atoms with Crippen LogP contribution in [0.2, 0.25) is 0 Å². The van der Waals surface area contributed by atoms with Gasteiger partial charge < -0.3 is 19.7 Å². The maximum atomic E-state index is 13.5. The second-order valence-corrected chi connectivity index (χ2v) is 9.88. The van der Waals surface area contributed by atoms with E-state index in [-0.39, 0.29) is 24.0 Å².